The molecule has 1 aliphatic heterocycles. The zero-order chi connectivity index (χ0) is 11.3. The molecule has 1 amide bonds. The SMILES string of the molecule is CCCCC1NC(C)N(CCOC)C1=O. The van der Waals surface area contributed by atoms with E-state index >= 15 is 0 Å². The van der Waals surface area contributed by atoms with Crippen molar-refractivity contribution in [3.05, 3.63) is 0 Å². The number of nitrogens with one attached hydrogen (secondary N) is 1. The van der Waals surface area contributed by atoms with Gasteiger partial charge in [0, 0.05) is 13.7 Å². The highest BCUT2D eigenvalue weighted by Crippen LogP contribution is 2.14. The summed E-state index contributed by atoms with van der Waals surface area (Å²) in [6.45, 7) is 5.47. The molecule has 0 radical (unpaired) electrons. The average Bonchev–Trinajstić information content (AvgIpc) is 2.49. The lowest BCUT2D eigenvalue weighted by molar-refractivity contribution is -0.130. The Bertz CT molecular complexity index is 209. The van der Waals surface area contributed by atoms with E-state index in [4.69, 9.17) is 4.74 Å². The summed E-state index contributed by atoms with van der Waals surface area (Å²) in [5, 5.41) is 3.32. The molecule has 0 aliphatic carbocycles. The van der Waals surface area contributed by atoms with Gasteiger partial charge in [0.25, 0.3) is 0 Å². The van der Waals surface area contributed by atoms with Crippen molar-refractivity contribution in [1.82, 2.24) is 10.2 Å². The summed E-state index contributed by atoms with van der Waals surface area (Å²) in [6.07, 6.45) is 3.34. The molecule has 0 bridgehead atoms. The van der Waals surface area contributed by atoms with Gasteiger partial charge in [0.2, 0.25) is 5.91 Å². The number of hydrogen-bond acceptors (Lipinski definition) is 3. The standard InChI is InChI=1S/C11H22N2O2/c1-4-5-6-10-11(14)13(7-8-15-3)9(2)12-10/h9-10,12H,4-8H2,1-3H3. The molecule has 1 heterocycles. The number of rotatable bonds is 6. The molecule has 1 aliphatic rings. The number of ether oxygens (including phenoxy) is 1. The Kier molecular flexibility index (Phi) is 5.05. The smallest absolute Gasteiger partial charge is 0.241 e. The molecule has 0 spiro atoms. The number of amides is 1. The van der Waals surface area contributed by atoms with Crippen molar-refractivity contribution < 1.29 is 9.53 Å². The monoisotopic (exact) mass is 214 g/mol. The Balaban J connectivity index is 2.42. The summed E-state index contributed by atoms with van der Waals surface area (Å²) < 4.78 is 5.00. The molecule has 0 aromatic heterocycles. The van der Waals surface area contributed by atoms with Gasteiger partial charge < -0.3 is 9.64 Å². The first-order valence-electron chi connectivity index (χ1n) is 5.76. The van der Waals surface area contributed by atoms with Crippen LogP contribution in [0, 0.1) is 0 Å². The van der Waals surface area contributed by atoms with Gasteiger partial charge >= 0.3 is 0 Å². The minimum atomic E-state index is 0.0248. The number of methoxy groups -OCH3 is 1. The van der Waals surface area contributed by atoms with Crippen molar-refractivity contribution in [3.8, 4) is 0 Å². The van der Waals surface area contributed by atoms with Crippen molar-refractivity contribution in [2.45, 2.75) is 45.3 Å². The normalized spacial score (nSPS) is 26.3. The lowest BCUT2D eigenvalue weighted by atomic mass is 10.1. The summed E-state index contributed by atoms with van der Waals surface area (Å²) in [5.74, 6) is 0.230. The van der Waals surface area contributed by atoms with Gasteiger partial charge in [-0.05, 0) is 13.3 Å². The molecule has 4 heteroatoms. The zero-order valence-electron chi connectivity index (χ0n) is 9.95. The van der Waals surface area contributed by atoms with Crippen LogP contribution >= 0.6 is 0 Å². The highest BCUT2D eigenvalue weighted by molar-refractivity contribution is 5.84. The van der Waals surface area contributed by atoms with Crippen LogP contribution < -0.4 is 5.32 Å². The van der Waals surface area contributed by atoms with Crippen molar-refractivity contribution in [3.63, 3.8) is 0 Å². The number of hydrogen-bond donors (Lipinski definition) is 1. The summed E-state index contributed by atoms with van der Waals surface area (Å²) in [5.41, 5.74) is 0. The van der Waals surface area contributed by atoms with Crippen LogP contribution in [0.15, 0.2) is 0 Å². The molecule has 0 aromatic rings. The Morgan fingerprint density at radius 1 is 1.53 bits per heavy atom. The van der Waals surface area contributed by atoms with Gasteiger partial charge in [-0.2, -0.15) is 0 Å². The fraction of sp³-hybridized carbons (Fsp3) is 0.909. The maximum Gasteiger partial charge on any atom is 0.241 e. The van der Waals surface area contributed by atoms with Crippen LogP contribution in [0.4, 0.5) is 0 Å². The molecular formula is C11H22N2O2. The average molecular weight is 214 g/mol. The van der Waals surface area contributed by atoms with E-state index in [9.17, 15) is 4.79 Å². The Morgan fingerprint density at radius 3 is 2.87 bits per heavy atom. The van der Waals surface area contributed by atoms with E-state index in [-0.39, 0.29) is 18.1 Å². The van der Waals surface area contributed by atoms with Crippen LogP contribution in [0.25, 0.3) is 0 Å². The lowest BCUT2D eigenvalue weighted by Gasteiger charge is -2.19. The predicted molar refractivity (Wildman–Crippen MR) is 59.5 cm³/mol. The quantitative estimate of drug-likeness (QED) is 0.716. The van der Waals surface area contributed by atoms with E-state index in [0.717, 1.165) is 19.3 Å². The summed E-state index contributed by atoms with van der Waals surface area (Å²) in [7, 11) is 1.66. The van der Waals surface area contributed by atoms with Crippen LogP contribution in [0.5, 0.6) is 0 Å². The van der Waals surface area contributed by atoms with Gasteiger partial charge in [-0.3, -0.25) is 10.1 Å². The van der Waals surface area contributed by atoms with Gasteiger partial charge in [-0.25, -0.2) is 0 Å². The molecule has 1 fully saturated rings. The lowest BCUT2D eigenvalue weighted by Crippen LogP contribution is -2.37. The molecule has 2 atom stereocenters. The number of unbranched alkanes of at least 4 members (excludes halogenated alkanes) is 1. The van der Waals surface area contributed by atoms with E-state index in [2.05, 4.69) is 12.2 Å². The molecule has 1 N–H and O–H groups in total. The van der Waals surface area contributed by atoms with Gasteiger partial charge in [0.15, 0.2) is 0 Å². The van der Waals surface area contributed by atoms with Crippen LogP contribution in [0.1, 0.15) is 33.1 Å². The fourth-order valence-corrected chi connectivity index (χ4v) is 1.95. The van der Waals surface area contributed by atoms with Crippen LogP contribution in [0.2, 0.25) is 0 Å². The van der Waals surface area contributed by atoms with Crippen molar-refractivity contribution in [2.75, 3.05) is 20.3 Å². The largest absolute Gasteiger partial charge is 0.383 e. The van der Waals surface area contributed by atoms with Gasteiger partial charge in [-0.15, -0.1) is 0 Å². The Morgan fingerprint density at radius 2 is 2.27 bits per heavy atom. The number of carbonyl (C=O) groups excluding carboxylic acids is 1. The van der Waals surface area contributed by atoms with Crippen molar-refractivity contribution in [1.29, 1.82) is 0 Å². The molecule has 1 saturated heterocycles. The molecule has 15 heavy (non-hydrogen) atoms. The van der Waals surface area contributed by atoms with E-state index in [1.165, 1.54) is 0 Å². The summed E-state index contributed by atoms with van der Waals surface area (Å²) >= 11 is 0. The summed E-state index contributed by atoms with van der Waals surface area (Å²) in [4.78, 5) is 13.8. The minimum absolute atomic E-state index is 0.0248. The van der Waals surface area contributed by atoms with E-state index in [0.29, 0.717) is 13.2 Å². The van der Waals surface area contributed by atoms with Gasteiger partial charge in [0.1, 0.15) is 0 Å². The van der Waals surface area contributed by atoms with Gasteiger partial charge in [0.05, 0.1) is 18.8 Å². The molecule has 0 saturated carbocycles. The van der Waals surface area contributed by atoms with Crippen LogP contribution in [-0.2, 0) is 9.53 Å². The molecule has 4 nitrogen and oxygen atoms in total. The number of carbonyl (C=O) groups is 1. The number of nitrogens with zero attached hydrogens (tertiary/aromatic N) is 1. The van der Waals surface area contributed by atoms with Crippen LogP contribution in [-0.4, -0.2) is 43.3 Å². The third-order valence-corrected chi connectivity index (χ3v) is 2.87. The van der Waals surface area contributed by atoms with Crippen molar-refractivity contribution >= 4 is 5.91 Å². The summed E-state index contributed by atoms with van der Waals surface area (Å²) in [6, 6.07) is 0.0248. The second-order valence-electron chi connectivity index (χ2n) is 4.06. The predicted octanol–water partition coefficient (Wildman–Crippen LogP) is 0.969. The van der Waals surface area contributed by atoms with E-state index in [1.54, 1.807) is 7.11 Å². The topological polar surface area (TPSA) is 41.6 Å². The molecular weight excluding hydrogens is 192 g/mol. The first kappa shape index (κ1) is 12.5. The highest BCUT2D eigenvalue weighted by atomic mass is 16.5. The Hall–Kier alpha value is -0.610. The fourth-order valence-electron chi connectivity index (χ4n) is 1.95. The molecule has 88 valence electrons. The second-order valence-corrected chi connectivity index (χ2v) is 4.06. The first-order valence-corrected chi connectivity index (χ1v) is 5.76. The molecule has 1 rings (SSSR count). The Labute approximate surface area is 92.0 Å². The zero-order valence-corrected chi connectivity index (χ0v) is 9.95. The van der Waals surface area contributed by atoms with E-state index < -0.39 is 0 Å². The second kappa shape index (κ2) is 6.08. The maximum absolute atomic E-state index is 11.9. The first-order chi connectivity index (χ1) is 7.20. The van der Waals surface area contributed by atoms with Crippen molar-refractivity contribution in [2.24, 2.45) is 0 Å². The molecule has 2 unspecified atom stereocenters. The van der Waals surface area contributed by atoms with Crippen LogP contribution in [0.3, 0.4) is 0 Å². The van der Waals surface area contributed by atoms with Gasteiger partial charge in [-0.1, -0.05) is 19.8 Å². The molecule has 0 aromatic carbocycles. The third kappa shape index (κ3) is 3.18. The van der Waals surface area contributed by atoms with E-state index in [1.807, 2.05) is 11.8 Å². The maximum atomic E-state index is 11.9. The third-order valence-electron chi connectivity index (χ3n) is 2.87. The minimum Gasteiger partial charge on any atom is -0.383 e. The highest BCUT2D eigenvalue weighted by Gasteiger charge is 2.35.